The Labute approximate surface area is 120 Å². The largest absolute Gasteiger partial charge is 0.489 e. The summed E-state index contributed by atoms with van der Waals surface area (Å²) in [4.78, 5) is 0. The molecule has 20 heavy (non-hydrogen) atoms. The van der Waals surface area contributed by atoms with Gasteiger partial charge in [-0.15, -0.1) is 0 Å². The lowest BCUT2D eigenvalue weighted by atomic mass is 9.95. The summed E-state index contributed by atoms with van der Waals surface area (Å²) in [7, 11) is 1.76. The van der Waals surface area contributed by atoms with Gasteiger partial charge in [-0.3, -0.25) is 0 Å². The zero-order chi connectivity index (χ0) is 14.4. The number of hydrogen-bond donors (Lipinski definition) is 1. The van der Waals surface area contributed by atoms with Crippen LogP contribution in [0.4, 0.5) is 0 Å². The van der Waals surface area contributed by atoms with E-state index in [-0.39, 0.29) is 12.7 Å². The molecule has 0 aromatic heterocycles. The topological polar surface area (TPSA) is 38.7 Å². The number of ether oxygens (including phenoxy) is 2. The maximum atomic E-state index is 8.84. The molecule has 0 aliphatic heterocycles. The van der Waals surface area contributed by atoms with Crippen LogP contribution < -0.4 is 4.74 Å². The molecule has 0 amide bonds. The number of aliphatic hydroxyl groups excluding tert-OH is 1. The van der Waals surface area contributed by atoms with Crippen molar-refractivity contribution in [2.24, 2.45) is 0 Å². The van der Waals surface area contributed by atoms with Crippen molar-refractivity contribution < 1.29 is 14.6 Å². The molecule has 3 heteroatoms. The fourth-order valence-corrected chi connectivity index (χ4v) is 2.58. The summed E-state index contributed by atoms with van der Waals surface area (Å²) in [5, 5.41) is 8.84. The molecule has 1 aromatic rings. The van der Waals surface area contributed by atoms with Crippen LogP contribution in [-0.2, 0) is 4.74 Å². The molecule has 2 unspecified atom stereocenters. The van der Waals surface area contributed by atoms with E-state index in [9.17, 15) is 0 Å². The number of aryl methyl sites for hydroxylation is 1. The molecule has 2 rings (SSSR count). The van der Waals surface area contributed by atoms with E-state index in [0.29, 0.717) is 6.10 Å². The molecule has 1 fully saturated rings. The summed E-state index contributed by atoms with van der Waals surface area (Å²) in [6.07, 6.45) is 4.71. The van der Waals surface area contributed by atoms with E-state index in [2.05, 4.69) is 11.8 Å². The number of benzene rings is 1. The van der Waals surface area contributed by atoms with Gasteiger partial charge in [-0.05, 0) is 43.9 Å². The van der Waals surface area contributed by atoms with E-state index in [1.165, 1.54) is 0 Å². The molecule has 1 aliphatic carbocycles. The first kappa shape index (κ1) is 14.9. The van der Waals surface area contributed by atoms with Gasteiger partial charge < -0.3 is 14.6 Å². The summed E-state index contributed by atoms with van der Waals surface area (Å²) in [5.74, 6) is 6.46. The highest BCUT2D eigenvalue weighted by Crippen LogP contribution is 2.27. The van der Waals surface area contributed by atoms with Crippen molar-refractivity contribution in [1.82, 2.24) is 0 Å². The molecule has 1 saturated carbocycles. The van der Waals surface area contributed by atoms with E-state index in [4.69, 9.17) is 14.6 Å². The highest BCUT2D eigenvalue weighted by Gasteiger charge is 2.23. The summed E-state index contributed by atoms with van der Waals surface area (Å²) in [6, 6.07) is 5.98. The molecule has 1 aromatic carbocycles. The van der Waals surface area contributed by atoms with Crippen molar-refractivity contribution in [3.05, 3.63) is 29.3 Å². The van der Waals surface area contributed by atoms with Crippen LogP contribution in [0.25, 0.3) is 0 Å². The van der Waals surface area contributed by atoms with Crippen LogP contribution >= 0.6 is 0 Å². The van der Waals surface area contributed by atoms with Crippen LogP contribution in [0.1, 0.15) is 36.8 Å². The van der Waals surface area contributed by atoms with E-state index in [0.717, 1.165) is 42.6 Å². The van der Waals surface area contributed by atoms with Crippen molar-refractivity contribution in [2.45, 2.75) is 44.8 Å². The molecule has 0 spiro atoms. The van der Waals surface area contributed by atoms with E-state index in [1.54, 1.807) is 7.11 Å². The Morgan fingerprint density at radius 1 is 1.30 bits per heavy atom. The first-order valence-electron chi connectivity index (χ1n) is 7.12. The smallest absolute Gasteiger partial charge is 0.135 e. The molecule has 0 radical (unpaired) electrons. The van der Waals surface area contributed by atoms with Crippen LogP contribution in [0.5, 0.6) is 5.75 Å². The minimum atomic E-state index is -0.136. The summed E-state index contributed by atoms with van der Waals surface area (Å²) in [6.45, 7) is 1.89. The highest BCUT2D eigenvalue weighted by molar-refractivity contribution is 5.48. The fraction of sp³-hybridized carbons (Fsp3) is 0.529. The highest BCUT2D eigenvalue weighted by atomic mass is 16.5. The third-order valence-electron chi connectivity index (χ3n) is 3.64. The van der Waals surface area contributed by atoms with Crippen molar-refractivity contribution in [2.75, 3.05) is 13.7 Å². The Morgan fingerprint density at radius 2 is 2.10 bits per heavy atom. The first-order valence-corrected chi connectivity index (χ1v) is 7.12. The van der Waals surface area contributed by atoms with Gasteiger partial charge in [-0.1, -0.05) is 17.9 Å². The van der Waals surface area contributed by atoms with Crippen LogP contribution in [-0.4, -0.2) is 31.0 Å². The van der Waals surface area contributed by atoms with Crippen molar-refractivity contribution in [1.29, 1.82) is 0 Å². The Bertz CT molecular complexity index is 499. The zero-order valence-electron chi connectivity index (χ0n) is 12.2. The van der Waals surface area contributed by atoms with Gasteiger partial charge in [0.25, 0.3) is 0 Å². The van der Waals surface area contributed by atoms with Crippen LogP contribution in [0, 0.1) is 18.8 Å². The summed E-state index contributed by atoms with van der Waals surface area (Å²) < 4.78 is 11.5. The molecule has 0 heterocycles. The van der Waals surface area contributed by atoms with Gasteiger partial charge in [0.1, 0.15) is 18.5 Å². The maximum absolute atomic E-state index is 8.84. The predicted octanol–water partition coefficient (Wildman–Crippen LogP) is 2.68. The van der Waals surface area contributed by atoms with Crippen molar-refractivity contribution in [3.8, 4) is 17.6 Å². The second-order valence-corrected chi connectivity index (χ2v) is 5.22. The van der Waals surface area contributed by atoms with E-state index < -0.39 is 0 Å². The minimum absolute atomic E-state index is 0.136. The van der Waals surface area contributed by atoms with Gasteiger partial charge in [0.2, 0.25) is 0 Å². The average Bonchev–Trinajstić information content (AvgIpc) is 2.47. The molecule has 0 saturated heterocycles. The zero-order valence-corrected chi connectivity index (χ0v) is 12.2. The molecule has 108 valence electrons. The Morgan fingerprint density at radius 3 is 2.85 bits per heavy atom. The summed E-state index contributed by atoms with van der Waals surface area (Å²) in [5.41, 5.74) is 1.98. The SMILES string of the molecule is COC1CCCC(Oc2ccc(C)cc2C#CCO)C1. The van der Waals surface area contributed by atoms with Crippen molar-refractivity contribution in [3.63, 3.8) is 0 Å². The lowest BCUT2D eigenvalue weighted by Gasteiger charge is -2.29. The van der Waals surface area contributed by atoms with Gasteiger partial charge in [-0.2, -0.15) is 0 Å². The fourth-order valence-electron chi connectivity index (χ4n) is 2.58. The molecule has 3 nitrogen and oxygen atoms in total. The third-order valence-corrected chi connectivity index (χ3v) is 3.64. The van der Waals surface area contributed by atoms with Gasteiger partial charge in [0, 0.05) is 13.5 Å². The first-order chi connectivity index (χ1) is 9.72. The van der Waals surface area contributed by atoms with Gasteiger partial charge >= 0.3 is 0 Å². The second kappa shape index (κ2) is 7.33. The number of hydrogen-bond acceptors (Lipinski definition) is 3. The van der Waals surface area contributed by atoms with Gasteiger partial charge in [-0.25, -0.2) is 0 Å². The molecule has 2 atom stereocenters. The van der Waals surface area contributed by atoms with Crippen LogP contribution in [0.15, 0.2) is 18.2 Å². The number of methoxy groups -OCH3 is 1. The lowest BCUT2D eigenvalue weighted by Crippen LogP contribution is -2.29. The third kappa shape index (κ3) is 4.00. The van der Waals surface area contributed by atoms with Gasteiger partial charge in [0.15, 0.2) is 0 Å². The molecule has 1 aliphatic rings. The maximum Gasteiger partial charge on any atom is 0.135 e. The molecule has 0 bridgehead atoms. The monoisotopic (exact) mass is 274 g/mol. The lowest BCUT2D eigenvalue weighted by molar-refractivity contribution is 0.0209. The number of rotatable bonds is 3. The quantitative estimate of drug-likeness (QED) is 0.861. The normalized spacial score (nSPS) is 21.9. The Hall–Kier alpha value is -1.50. The van der Waals surface area contributed by atoms with E-state index >= 15 is 0 Å². The van der Waals surface area contributed by atoms with Gasteiger partial charge in [0.05, 0.1) is 11.7 Å². The Balaban J connectivity index is 2.12. The van der Waals surface area contributed by atoms with Crippen molar-refractivity contribution >= 4 is 0 Å². The van der Waals surface area contributed by atoms with Crippen LogP contribution in [0.2, 0.25) is 0 Å². The molecular formula is C17H22O3. The second-order valence-electron chi connectivity index (χ2n) is 5.22. The summed E-state index contributed by atoms with van der Waals surface area (Å²) >= 11 is 0. The Kier molecular flexibility index (Phi) is 5.46. The molecule has 1 N–H and O–H groups in total. The molecular weight excluding hydrogens is 252 g/mol. The predicted molar refractivity (Wildman–Crippen MR) is 78.8 cm³/mol. The minimum Gasteiger partial charge on any atom is -0.489 e. The van der Waals surface area contributed by atoms with E-state index in [1.807, 2.05) is 25.1 Å². The number of aliphatic hydroxyl groups is 1. The standard InChI is InChI=1S/C17H22O3/c1-13-8-9-17(14(11-13)5-4-10-18)20-16-7-3-6-15(12-16)19-2/h8-9,11,15-16,18H,3,6-7,10,12H2,1-2H3. The average molecular weight is 274 g/mol. The van der Waals surface area contributed by atoms with Crippen LogP contribution in [0.3, 0.4) is 0 Å².